The highest BCUT2D eigenvalue weighted by Gasteiger charge is 2.74. The molecule has 0 aromatic carbocycles. The Morgan fingerprint density at radius 2 is 1.47 bits per heavy atom. The summed E-state index contributed by atoms with van der Waals surface area (Å²) in [5, 5.41) is 0. The lowest BCUT2D eigenvalue weighted by atomic mass is 10.1. The maximum Gasteiger partial charge on any atom is 0.459 e. The normalized spacial score (nSPS) is 15.7. The molecule has 0 aliphatic heterocycles. The Hall–Kier alpha value is -1.11. The summed E-state index contributed by atoms with van der Waals surface area (Å²) in [6.07, 6.45) is -5.92. The smallest absolute Gasteiger partial charge is 0.211 e. The first-order chi connectivity index (χ1) is 6.48. The number of carbonyl (C=O) groups excluding carboxylic acids is 1. The molecule has 0 aliphatic carbocycles. The molecule has 0 aromatic rings. The van der Waals surface area contributed by atoms with Crippen LogP contribution in [0, 0.1) is 0 Å². The number of hydrogen-bond donors (Lipinski definition) is 0. The van der Waals surface area contributed by atoms with Crippen molar-refractivity contribution in [2.24, 2.45) is 4.99 Å². The molecule has 0 amide bonds. The van der Waals surface area contributed by atoms with E-state index in [0.29, 0.717) is 6.08 Å². The second-order valence-corrected chi connectivity index (χ2v) is 2.59. The average molecular weight is 239 g/mol. The third kappa shape index (κ3) is 2.28. The van der Waals surface area contributed by atoms with Gasteiger partial charge in [0.1, 0.15) is 6.04 Å². The van der Waals surface area contributed by atoms with Gasteiger partial charge in [0.05, 0.1) is 0 Å². The fraction of sp³-hybridized carbons (Fsp3) is 0.833. The van der Waals surface area contributed by atoms with E-state index in [4.69, 9.17) is 0 Å². The van der Waals surface area contributed by atoms with Gasteiger partial charge in [0.2, 0.25) is 6.08 Å². The quantitative estimate of drug-likeness (QED) is 0.422. The van der Waals surface area contributed by atoms with Crippen LogP contribution in [0.15, 0.2) is 4.99 Å². The zero-order chi connectivity index (χ0) is 12.5. The monoisotopic (exact) mass is 239 g/mol. The Kier molecular flexibility index (Phi) is 3.52. The highest BCUT2D eigenvalue weighted by Crippen LogP contribution is 2.48. The largest absolute Gasteiger partial charge is 0.459 e. The van der Waals surface area contributed by atoms with E-state index in [1.54, 1.807) is 0 Å². The Labute approximate surface area is 78.8 Å². The van der Waals surface area contributed by atoms with Gasteiger partial charge in [-0.05, 0) is 6.92 Å². The standard InChI is InChI=1S/C6H4F7NO/c1-3(14-2-15)4(7,8)5(9,10)6(11,12)13/h3H,1H3. The minimum absolute atomic E-state index is 0.255. The molecule has 0 bridgehead atoms. The number of nitrogens with zero attached hydrogens (tertiary/aromatic N) is 1. The Balaban J connectivity index is 5.27. The molecule has 1 atom stereocenters. The molecule has 15 heavy (non-hydrogen) atoms. The minimum atomic E-state index is -6.41. The molecule has 0 saturated heterocycles. The summed E-state index contributed by atoms with van der Waals surface area (Å²) in [6.45, 7) is 0.255. The van der Waals surface area contributed by atoms with Crippen LogP contribution in [0.3, 0.4) is 0 Å². The minimum Gasteiger partial charge on any atom is -0.211 e. The van der Waals surface area contributed by atoms with Crippen molar-refractivity contribution in [2.75, 3.05) is 0 Å². The highest BCUT2D eigenvalue weighted by molar-refractivity contribution is 5.34. The van der Waals surface area contributed by atoms with E-state index >= 15 is 0 Å². The molecule has 0 aromatic heterocycles. The van der Waals surface area contributed by atoms with Crippen molar-refractivity contribution in [1.29, 1.82) is 0 Å². The molecular weight excluding hydrogens is 235 g/mol. The lowest BCUT2D eigenvalue weighted by Crippen LogP contribution is -2.56. The van der Waals surface area contributed by atoms with Gasteiger partial charge in [-0.3, -0.25) is 0 Å². The third-order valence-corrected chi connectivity index (χ3v) is 1.55. The van der Waals surface area contributed by atoms with Gasteiger partial charge in [-0.25, -0.2) is 4.79 Å². The summed E-state index contributed by atoms with van der Waals surface area (Å²) < 4.78 is 84.2. The number of rotatable bonds is 3. The van der Waals surface area contributed by atoms with Crippen molar-refractivity contribution in [3.8, 4) is 0 Å². The lowest BCUT2D eigenvalue weighted by molar-refractivity contribution is -0.357. The van der Waals surface area contributed by atoms with Crippen LogP contribution in [0.25, 0.3) is 0 Å². The predicted octanol–water partition coefficient (Wildman–Crippen LogP) is 2.54. The van der Waals surface area contributed by atoms with Crippen LogP contribution < -0.4 is 0 Å². The molecule has 1 unspecified atom stereocenters. The molecule has 0 spiro atoms. The summed E-state index contributed by atoms with van der Waals surface area (Å²) in [7, 11) is 0. The summed E-state index contributed by atoms with van der Waals surface area (Å²) >= 11 is 0. The van der Waals surface area contributed by atoms with Gasteiger partial charge in [0.15, 0.2) is 0 Å². The van der Waals surface area contributed by atoms with Gasteiger partial charge in [-0.15, -0.1) is 0 Å². The van der Waals surface area contributed by atoms with Crippen molar-refractivity contribution >= 4 is 6.08 Å². The van der Waals surface area contributed by atoms with E-state index in [1.165, 1.54) is 0 Å². The van der Waals surface area contributed by atoms with Crippen molar-refractivity contribution in [1.82, 2.24) is 0 Å². The van der Waals surface area contributed by atoms with Gasteiger partial charge in [0.25, 0.3) is 0 Å². The summed E-state index contributed by atoms with van der Waals surface area (Å²) in [4.78, 5) is 11.6. The second-order valence-electron chi connectivity index (χ2n) is 2.59. The van der Waals surface area contributed by atoms with Crippen LogP contribution in [-0.2, 0) is 4.79 Å². The Bertz CT molecular complexity index is 278. The molecule has 0 N–H and O–H groups in total. The first-order valence-corrected chi connectivity index (χ1v) is 3.37. The predicted molar refractivity (Wildman–Crippen MR) is 33.5 cm³/mol. The fourth-order valence-electron chi connectivity index (χ4n) is 0.611. The molecule has 0 aliphatic rings. The summed E-state index contributed by atoms with van der Waals surface area (Å²) in [5.41, 5.74) is 0. The van der Waals surface area contributed by atoms with Crippen molar-refractivity contribution in [3.05, 3.63) is 0 Å². The van der Waals surface area contributed by atoms with E-state index in [1.807, 2.05) is 0 Å². The number of isocyanates is 1. The molecule has 0 rings (SSSR count). The molecule has 9 heteroatoms. The van der Waals surface area contributed by atoms with Crippen LogP contribution >= 0.6 is 0 Å². The van der Waals surface area contributed by atoms with Crippen molar-refractivity contribution in [3.63, 3.8) is 0 Å². The number of hydrogen-bond acceptors (Lipinski definition) is 2. The summed E-state index contributed by atoms with van der Waals surface area (Å²) in [6, 6.07) is -2.81. The molecular formula is C6H4F7NO. The second kappa shape index (κ2) is 3.80. The van der Waals surface area contributed by atoms with Gasteiger partial charge >= 0.3 is 18.0 Å². The SMILES string of the molecule is CC(N=C=O)C(F)(F)C(F)(F)C(F)(F)F. The van der Waals surface area contributed by atoms with Crippen molar-refractivity contribution < 1.29 is 35.5 Å². The fourth-order valence-corrected chi connectivity index (χ4v) is 0.611. The zero-order valence-electron chi connectivity index (χ0n) is 7.08. The number of halogens is 7. The maximum atomic E-state index is 12.5. The van der Waals surface area contributed by atoms with Crippen LogP contribution in [0.4, 0.5) is 30.7 Å². The first kappa shape index (κ1) is 13.9. The number of alkyl halides is 7. The molecule has 0 heterocycles. The van der Waals surface area contributed by atoms with Gasteiger partial charge < -0.3 is 0 Å². The van der Waals surface area contributed by atoms with E-state index < -0.39 is 24.1 Å². The van der Waals surface area contributed by atoms with Crippen LogP contribution in [0.1, 0.15) is 6.92 Å². The van der Waals surface area contributed by atoms with Crippen LogP contribution in [0.2, 0.25) is 0 Å². The first-order valence-electron chi connectivity index (χ1n) is 3.37. The lowest BCUT2D eigenvalue weighted by Gasteiger charge is -2.29. The average Bonchev–Trinajstić information content (AvgIpc) is 2.02. The van der Waals surface area contributed by atoms with Crippen LogP contribution in [-0.4, -0.2) is 30.1 Å². The van der Waals surface area contributed by atoms with Gasteiger partial charge in [-0.2, -0.15) is 35.7 Å². The molecule has 0 saturated carbocycles. The molecule has 0 radical (unpaired) electrons. The maximum absolute atomic E-state index is 12.5. The molecule has 88 valence electrons. The van der Waals surface area contributed by atoms with Crippen molar-refractivity contribution in [2.45, 2.75) is 31.0 Å². The molecule has 2 nitrogen and oxygen atoms in total. The van der Waals surface area contributed by atoms with E-state index in [2.05, 4.69) is 4.99 Å². The van der Waals surface area contributed by atoms with E-state index in [-0.39, 0.29) is 6.92 Å². The van der Waals surface area contributed by atoms with E-state index in [9.17, 15) is 35.5 Å². The topological polar surface area (TPSA) is 29.4 Å². The highest BCUT2D eigenvalue weighted by atomic mass is 19.4. The Morgan fingerprint density at radius 3 is 1.73 bits per heavy atom. The Morgan fingerprint density at radius 1 is 1.07 bits per heavy atom. The van der Waals surface area contributed by atoms with Gasteiger partial charge in [-0.1, -0.05) is 0 Å². The number of aliphatic imine (C=N–C) groups is 1. The van der Waals surface area contributed by atoms with Gasteiger partial charge in [0, 0.05) is 0 Å². The van der Waals surface area contributed by atoms with E-state index in [0.717, 1.165) is 0 Å². The third-order valence-electron chi connectivity index (χ3n) is 1.55. The summed E-state index contributed by atoms with van der Waals surface area (Å²) in [5.74, 6) is -11.7. The zero-order valence-corrected chi connectivity index (χ0v) is 7.08. The van der Waals surface area contributed by atoms with Crippen LogP contribution in [0.5, 0.6) is 0 Å². The molecule has 0 fully saturated rings.